The van der Waals surface area contributed by atoms with Gasteiger partial charge < -0.3 is 0 Å². The maximum absolute atomic E-state index is 12.9. The lowest BCUT2D eigenvalue weighted by atomic mass is 10.1. The van der Waals surface area contributed by atoms with Crippen molar-refractivity contribution >= 4 is 28.6 Å². The summed E-state index contributed by atoms with van der Waals surface area (Å²) in [6.07, 6.45) is 1.36. The van der Waals surface area contributed by atoms with Crippen LogP contribution in [0.3, 0.4) is 0 Å². The normalized spacial score (nSPS) is 11.0. The van der Waals surface area contributed by atoms with Gasteiger partial charge in [-0.25, -0.2) is 10.1 Å². The molecule has 0 aliphatic heterocycles. The molecule has 3 aromatic carbocycles. The second kappa shape index (κ2) is 9.00. The van der Waals surface area contributed by atoms with Crippen molar-refractivity contribution in [3.05, 3.63) is 116 Å². The van der Waals surface area contributed by atoms with Crippen LogP contribution in [0.2, 0.25) is 0 Å². The predicted octanol–water partition coefficient (Wildman–Crippen LogP) is 3.12. The Kier molecular flexibility index (Phi) is 5.80. The predicted molar refractivity (Wildman–Crippen MR) is 120 cm³/mol. The summed E-state index contributed by atoms with van der Waals surface area (Å²) in [5, 5.41) is 19.7. The third-order valence-corrected chi connectivity index (χ3v) is 4.74. The zero-order chi connectivity index (χ0) is 22.5. The number of nitro groups is 1. The Morgan fingerprint density at radius 1 is 1.00 bits per heavy atom. The highest BCUT2D eigenvalue weighted by atomic mass is 16.6. The van der Waals surface area contributed by atoms with Gasteiger partial charge in [-0.3, -0.25) is 19.7 Å². The van der Waals surface area contributed by atoms with Crippen LogP contribution in [-0.2, 0) is 6.54 Å². The van der Waals surface area contributed by atoms with E-state index in [4.69, 9.17) is 0 Å². The molecule has 0 unspecified atom stereocenters. The maximum Gasteiger partial charge on any atom is 0.292 e. The van der Waals surface area contributed by atoms with Gasteiger partial charge in [0, 0.05) is 17.5 Å². The number of hydrogen-bond acceptors (Lipinski definition) is 6. The number of carbonyl (C=O) groups excluding carboxylic acids is 1. The first-order valence-electron chi connectivity index (χ1n) is 9.64. The molecule has 32 heavy (non-hydrogen) atoms. The van der Waals surface area contributed by atoms with E-state index in [0.717, 1.165) is 5.56 Å². The number of hydrazone groups is 1. The van der Waals surface area contributed by atoms with Crippen LogP contribution in [0.4, 0.5) is 5.69 Å². The fourth-order valence-electron chi connectivity index (χ4n) is 3.17. The number of carbonyl (C=O) groups is 1. The van der Waals surface area contributed by atoms with Crippen molar-refractivity contribution in [2.45, 2.75) is 6.54 Å². The van der Waals surface area contributed by atoms with Crippen molar-refractivity contribution in [2.24, 2.45) is 5.10 Å². The average molecular weight is 427 g/mol. The van der Waals surface area contributed by atoms with E-state index in [0.29, 0.717) is 16.3 Å². The standard InChI is InChI=1S/C23H17N5O4/c29-22(25-24-14-16-10-12-18(13-11-16)28(31)32)21-19-8-4-5-9-20(19)23(30)27(26-21)15-17-6-2-1-3-7-17/h1-14H,15H2,(H,25,29). The van der Waals surface area contributed by atoms with Crippen molar-refractivity contribution in [3.63, 3.8) is 0 Å². The Morgan fingerprint density at radius 2 is 1.66 bits per heavy atom. The first-order valence-corrected chi connectivity index (χ1v) is 9.64. The molecule has 0 aliphatic rings. The number of benzene rings is 3. The molecule has 0 spiro atoms. The summed E-state index contributed by atoms with van der Waals surface area (Å²) in [7, 11) is 0. The molecule has 1 N–H and O–H groups in total. The van der Waals surface area contributed by atoms with E-state index in [2.05, 4.69) is 15.6 Å². The van der Waals surface area contributed by atoms with Crippen LogP contribution >= 0.6 is 0 Å². The Bertz CT molecular complexity index is 1380. The van der Waals surface area contributed by atoms with Crippen LogP contribution in [-0.4, -0.2) is 26.8 Å². The van der Waals surface area contributed by atoms with Gasteiger partial charge in [0.05, 0.1) is 23.1 Å². The SMILES string of the molecule is O=C(NN=Cc1ccc([N+](=O)[O-])cc1)c1nn(Cc2ccccc2)c(=O)c2ccccc12. The summed E-state index contributed by atoms with van der Waals surface area (Å²) in [5.41, 5.74) is 3.58. The van der Waals surface area contributed by atoms with Gasteiger partial charge in [0.1, 0.15) is 0 Å². The van der Waals surface area contributed by atoms with Gasteiger partial charge in [-0.05, 0) is 29.3 Å². The van der Waals surface area contributed by atoms with Gasteiger partial charge in [-0.2, -0.15) is 10.2 Å². The van der Waals surface area contributed by atoms with Crippen LogP contribution in [0, 0.1) is 10.1 Å². The zero-order valence-electron chi connectivity index (χ0n) is 16.7. The van der Waals surface area contributed by atoms with Crippen molar-refractivity contribution in [2.75, 3.05) is 0 Å². The Hall–Kier alpha value is -4.66. The van der Waals surface area contributed by atoms with E-state index in [-0.39, 0.29) is 23.5 Å². The Morgan fingerprint density at radius 3 is 2.34 bits per heavy atom. The van der Waals surface area contributed by atoms with Gasteiger partial charge in [-0.1, -0.05) is 48.5 Å². The lowest BCUT2D eigenvalue weighted by Crippen LogP contribution is -2.29. The topological polar surface area (TPSA) is 119 Å². The monoisotopic (exact) mass is 427 g/mol. The molecule has 9 heteroatoms. The minimum Gasteiger partial charge on any atom is -0.267 e. The number of nitro benzene ring substituents is 1. The number of nitrogens with one attached hydrogen (secondary N) is 1. The number of non-ortho nitro benzene ring substituents is 1. The molecule has 158 valence electrons. The van der Waals surface area contributed by atoms with E-state index in [1.165, 1.54) is 35.2 Å². The highest BCUT2D eigenvalue weighted by Gasteiger charge is 2.16. The smallest absolute Gasteiger partial charge is 0.267 e. The van der Waals surface area contributed by atoms with Crippen molar-refractivity contribution in [1.29, 1.82) is 0 Å². The van der Waals surface area contributed by atoms with Gasteiger partial charge in [0.25, 0.3) is 17.2 Å². The Balaban J connectivity index is 1.62. The lowest BCUT2D eigenvalue weighted by molar-refractivity contribution is -0.384. The molecular weight excluding hydrogens is 410 g/mol. The molecule has 4 aromatic rings. The summed E-state index contributed by atoms with van der Waals surface area (Å²) >= 11 is 0. The third kappa shape index (κ3) is 4.41. The summed E-state index contributed by atoms with van der Waals surface area (Å²) < 4.78 is 1.26. The van der Waals surface area contributed by atoms with E-state index in [9.17, 15) is 19.7 Å². The second-order valence-electron chi connectivity index (χ2n) is 6.89. The molecule has 1 amide bonds. The number of rotatable bonds is 6. The summed E-state index contributed by atoms with van der Waals surface area (Å²) in [5.74, 6) is -0.582. The van der Waals surface area contributed by atoms with E-state index < -0.39 is 10.8 Å². The van der Waals surface area contributed by atoms with Crippen LogP contribution in [0.25, 0.3) is 10.8 Å². The highest BCUT2D eigenvalue weighted by molar-refractivity contribution is 6.05. The van der Waals surface area contributed by atoms with Gasteiger partial charge in [-0.15, -0.1) is 0 Å². The summed E-state index contributed by atoms with van der Waals surface area (Å²) in [6, 6.07) is 21.8. The number of nitrogens with zero attached hydrogens (tertiary/aromatic N) is 4. The molecule has 4 rings (SSSR count). The summed E-state index contributed by atoms with van der Waals surface area (Å²) in [6.45, 7) is 0.219. The third-order valence-electron chi connectivity index (χ3n) is 4.74. The molecule has 9 nitrogen and oxygen atoms in total. The molecule has 1 aromatic heterocycles. The van der Waals surface area contributed by atoms with Crippen LogP contribution in [0.5, 0.6) is 0 Å². The zero-order valence-corrected chi connectivity index (χ0v) is 16.7. The first-order chi connectivity index (χ1) is 15.5. The first kappa shape index (κ1) is 20.6. The Labute approximate surface area is 181 Å². The quantitative estimate of drug-likeness (QED) is 0.288. The fraction of sp³-hybridized carbons (Fsp3) is 0.0435. The molecule has 0 bridgehead atoms. The highest BCUT2D eigenvalue weighted by Crippen LogP contribution is 2.14. The van der Waals surface area contributed by atoms with E-state index in [1.54, 1.807) is 24.3 Å². The van der Waals surface area contributed by atoms with Gasteiger partial charge >= 0.3 is 0 Å². The molecule has 0 saturated carbocycles. The van der Waals surface area contributed by atoms with Crippen LogP contribution in [0.1, 0.15) is 21.6 Å². The number of fused-ring (bicyclic) bond motifs is 1. The van der Waals surface area contributed by atoms with Crippen molar-refractivity contribution in [1.82, 2.24) is 15.2 Å². The van der Waals surface area contributed by atoms with Crippen LogP contribution in [0.15, 0.2) is 88.8 Å². The molecule has 0 atom stereocenters. The van der Waals surface area contributed by atoms with E-state index >= 15 is 0 Å². The largest absolute Gasteiger partial charge is 0.292 e. The molecule has 0 saturated heterocycles. The molecule has 0 fully saturated rings. The van der Waals surface area contributed by atoms with Crippen LogP contribution < -0.4 is 11.0 Å². The maximum atomic E-state index is 12.9. The second-order valence-corrected chi connectivity index (χ2v) is 6.89. The van der Waals surface area contributed by atoms with Crippen molar-refractivity contribution < 1.29 is 9.72 Å². The minimum atomic E-state index is -0.582. The molecular formula is C23H17N5O4. The fourth-order valence-corrected chi connectivity index (χ4v) is 3.17. The number of aromatic nitrogens is 2. The number of amides is 1. The molecule has 1 heterocycles. The average Bonchev–Trinajstić information content (AvgIpc) is 2.82. The van der Waals surface area contributed by atoms with Gasteiger partial charge in [0.15, 0.2) is 5.69 Å². The van der Waals surface area contributed by atoms with Gasteiger partial charge in [0.2, 0.25) is 0 Å². The molecule has 0 radical (unpaired) electrons. The lowest BCUT2D eigenvalue weighted by Gasteiger charge is -2.10. The van der Waals surface area contributed by atoms with E-state index in [1.807, 2.05) is 30.3 Å². The number of hydrogen-bond donors (Lipinski definition) is 1. The molecule has 0 aliphatic carbocycles. The minimum absolute atomic E-state index is 0.0393. The van der Waals surface area contributed by atoms with Crippen molar-refractivity contribution in [3.8, 4) is 0 Å². The summed E-state index contributed by atoms with van der Waals surface area (Å²) in [4.78, 5) is 35.9.